The Bertz CT molecular complexity index is 821. The number of amides is 1. The van der Waals surface area contributed by atoms with Gasteiger partial charge in [0.25, 0.3) is 5.91 Å². The normalized spacial score (nSPS) is 18.1. The van der Waals surface area contributed by atoms with E-state index in [0.717, 1.165) is 0 Å². The number of carbonyl (C=O) groups excluding carboxylic acids is 1. The van der Waals surface area contributed by atoms with Crippen molar-refractivity contribution < 1.29 is 13.2 Å². The summed E-state index contributed by atoms with van der Waals surface area (Å²) >= 11 is 6.05. The molecule has 0 radical (unpaired) electrons. The van der Waals surface area contributed by atoms with Crippen molar-refractivity contribution in [2.24, 2.45) is 0 Å². The van der Waals surface area contributed by atoms with E-state index in [9.17, 15) is 13.2 Å². The minimum absolute atomic E-state index is 0.196. The zero-order valence-electron chi connectivity index (χ0n) is 12.4. The quantitative estimate of drug-likeness (QED) is 0.855. The molecule has 2 aromatic carbocycles. The van der Waals surface area contributed by atoms with Crippen molar-refractivity contribution in [3.8, 4) is 0 Å². The van der Waals surface area contributed by atoms with Gasteiger partial charge >= 0.3 is 0 Å². The van der Waals surface area contributed by atoms with Crippen molar-refractivity contribution in [3.63, 3.8) is 0 Å². The number of nitrogens with zero attached hydrogens (tertiary/aromatic N) is 1. The van der Waals surface area contributed by atoms with Crippen LogP contribution in [0.2, 0.25) is 5.02 Å². The summed E-state index contributed by atoms with van der Waals surface area (Å²) in [4.78, 5) is 14.4. The standard InChI is InChI=1S/C17H16ClNO3S/c18-16-9-5-4-8-15(16)17(20)19-11-10-14(12-19)23(21,22)13-6-2-1-3-7-13/h1-9,14H,10-12H2/t14-/m1/s1. The van der Waals surface area contributed by atoms with Crippen molar-refractivity contribution in [3.05, 3.63) is 65.2 Å². The zero-order chi connectivity index (χ0) is 16.4. The Morgan fingerprint density at radius 1 is 1.04 bits per heavy atom. The minimum atomic E-state index is -3.42. The van der Waals surface area contributed by atoms with Gasteiger partial charge in [0.15, 0.2) is 9.84 Å². The second-order valence-corrected chi connectivity index (χ2v) is 8.14. The molecule has 0 aromatic heterocycles. The van der Waals surface area contributed by atoms with Gasteiger partial charge in [-0.3, -0.25) is 4.79 Å². The molecule has 0 saturated carbocycles. The highest BCUT2D eigenvalue weighted by Gasteiger charge is 2.36. The summed E-state index contributed by atoms with van der Waals surface area (Å²) in [5, 5.41) is -0.191. The molecule has 1 amide bonds. The fourth-order valence-electron chi connectivity index (χ4n) is 2.77. The fourth-order valence-corrected chi connectivity index (χ4v) is 4.70. The van der Waals surface area contributed by atoms with Crippen molar-refractivity contribution in [1.29, 1.82) is 0 Å². The van der Waals surface area contributed by atoms with Crippen molar-refractivity contribution in [1.82, 2.24) is 4.90 Å². The van der Waals surface area contributed by atoms with Crippen LogP contribution in [0.5, 0.6) is 0 Å². The van der Waals surface area contributed by atoms with E-state index in [1.807, 2.05) is 0 Å². The van der Waals surface area contributed by atoms with Crippen LogP contribution in [0.1, 0.15) is 16.8 Å². The Hall–Kier alpha value is -1.85. The summed E-state index contributed by atoms with van der Waals surface area (Å²) in [5.41, 5.74) is 0.409. The lowest BCUT2D eigenvalue weighted by Crippen LogP contribution is -2.32. The molecule has 0 spiro atoms. The fraction of sp³-hybridized carbons (Fsp3) is 0.235. The van der Waals surface area contributed by atoms with Gasteiger partial charge in [-0.25, -0.2) is 8.42 Å². The molecule has 1 atom stereocenters. The Morgan fingerprint density at radius 3 is 2.39 bits per heavy atom. The van der Waals surface area contributed by atoms with Crippen LogP contribution in [-0.2, 0) is 9.84 Å². The summed E-state index contributed by atoms with van der Waals surface area (Å²) < 4.78 is 25.3. The molecule has 23 heavy (non-hydrogen) atoms. The number of hydrogen-bond acceptors (Lipinski definition) is 3. The van der Waals surface area contributed by atoms with Crippen LogP contribution in [0.3, 0.4) is 0 Å². The number of rotatable bonds is 3. The van der Waals surface area contributed by atoms with Gasteiger partial charge in [-0.15, -0.1) is 0 Å². The first-order valence-electron chi connectivity index (χ1n) is 7.33. The number of hydrogen-bond donors (Lipinski definition) is 0. The minimum Gasteiger partial charge on any atom is -0.337 e. The first-order valence-corrected chi connectivity index (χ1v) is 9.25. The maximum Gasteiger partial charge on any atom is 0.255 e. The molecule has 1 aliphatic rings. The maximum atomic E-state index is 12.6. The SMILES string of the molecule is O=C(c1ccccc1Cl)N1CC[C@@H](S(=O)(=O)c2ccccc2)C1. The van der Waals surface area contributed by atoms with E-state index < -0.39 is 15.1 Å². The van der Waals surface area contributed by atoms with Crippen LogP contribution in [0, 0.1) is 0 Å². The highest BCUT2D eigenvalue weighted by atomic mass is 35.5. The predicted molar refractivity (Wildman–Crippen MR) is 89.4 cm³/mol. The monoisotopic (exact) mass is 349 g/mol. The number of likely N-dealkylation sites (tertiary alicyclic amines) is 1. The van der Waals surface area contributed by atoms with Crippen LogP contribution in [0.25, 0.3) is 0 Å². The molecule has 4 nitrogen and oxygen atoms in total. The van der Waals surface area contributed by atoms with Gasteiger partial charge < -0.3 is 4.90 Å². The number of benzene rings is 2. The maximum absolute atomic E-state index is 12.6. The summed E-state index contributed by atoms with van der Waals surface area (Å²) in [6, 6.07) is 15.2. The van der Waals surface area contributed by atoms with E-state index in [0.29, 0.717) is 28.4 Å². The number of halogens is 1. The summed E-state index contributed by atoms with van der Waals surface area (Å²) in [6.07, 6.45) is 0.438. The molecule has 0 bridgehead atoms. The molecule has 0 unspecified atom stereocenters. The number of sulfone groups is 1. The van der Waals surface area contributed by atoms with Gasteiger partial charge in [-0.2, -0.15) is 0 Å². The Labute approximate surface area is 140 Å². The van der Waals surface area contributed by atoms with Crippen LogP contribution in [-0.4, -0.2) is 37.6 Å². The molecule has 1 saturated heterocycles. The van der Waals surface area contributed by atoms with E-state index in [1.54, 1.807) is 59.5 Å². The highest BCUT2D eigenvalue weighted by Crippen LogP contribution is 2.26. The zero-order valence-corrected chi connectivity index (χ0v) is 13.9. The molecule has 120 valence electrons. The Balaban J connectivity index is 1.79. The van der Waals surface area contributed by atoms with Gasteiger partial charge in [0, 0.05) is 13.1 Å². The predicted octanol–water partition coefficient (Wildman–Crippen LogP) is 3.03. The van der Waals surface area contributed by atoms with Crippen LogP contribution < -0.4 is 0 Å². The number of carbonyl (C=O) groups is 1. The lowest BCUT2D eigenvalue weighted by molar-refractivity contribution is 0.0793. The van der Waals surface area contributed by atoms with Crippen molar-refractivity contribution in [2.45, 2.75) is 16.6 Å². The molecule has 1 fully saturated rings. The molecule has 1 heterocycles. The van der Waals surface area contributed by atoms with E-state index in [2.05, 4.69) is 0 Å². The highest BCUT2D eigenvalue weighted by molar-refractivity contribution is 7.92. The van der Waals surface area contributed by atoms with E-state index in [-0.39, 0.29) is 12.5 Å². The molecular weight excluding hydrogens is 334 g/mol. The molecule has 0 aliphatic carbocycles. The Morgan fingerprint density at radius 2 is 1.70 bits per heavy atom. The largest absolute Gasteiger partial charge is 0.337 e. The first-order chi connectivity index (χ1) is 11.0. The Kier molecular flexibility index (Phi) is 4.41. The second-order valence-electron chi connectivity index (χ2n) is 5.50. The molecule has 6 heteroatoms. The molecule has 2 aromatic rings. The first kappa shape index (κ1) is 16.0. The molecule has 0 N–H and O–H groups in total. The summed E-state index contributed by atoms with van der Waals surface area (Å²) in [7, 11) is -3.42. The van der Waals surface area contributed by atoms with Crippen LogP contribution in [0.4, 0.5) is 0 Å². The average Bonchev–Trinajstić information content (AvgIpc) is 3.06. The topological polar surface area (TPSA) is 54.5 Å². The van der Waals surface area contributed by atoms with Crippen molar-refractivity contribution >= 4 is 27.3 Å². The van der Waals surface area contributed by atoms with Gasteiger partial charge in [-0.1, -0.05) is 41.9 Å². The van der Waals surface area contributed by atoms with Crippen LogP contribution >= 0.6 is 11.6 Å². The van der Waals surface area contributed by atoms with Gasteiger partial charge in [0.05, 0.1) is 20.7 Å². The lowest BCUT2D eigenvalue weighted by atomic mass is 10.2. The van der Waals surface area contributed by atoms with E-state index >= 15 is 0 Å². The third kappa shape index (κ3) is 3.12. The van der Waals surface area contributed by atoms with Gasteiger partial charge in [0.2, 0.25) is 0 Å². The van der Waals surface area contributed by atoms with Gasteiger partial charge in [0.1, 0.15) is 0 Å². The third-order valence-corrected chi connectivity index (χ3v) is 6.57. The van der Waals surface area contributed by atoms with E-state index in [1.165, 1.54) is 0 Å². The summed E-state index contributed by atoms with van der Waals surface area (Å²) in [5.74, 6) is -0.221. The smallest absolute Gasteiger partial charge is 0.255 e. The second kappa shape index (κ2) is 6.34. The van der Waals surface area contributed by atoms with E-state index in [4.69, 9.17) is 11.6 Å². The molecule has 1 aliphatic heterocycles. The van der Waals surface area contributed by atoms with Crippen LogP contribution in [0.15, 0.2) is 59.5 Å². The molecule has 3 rings (SSSR count). The molecular formula is C17H16ClNO3S. The summed E-state index contributed by atoms with van der Waals surface area (Å²) in [6.45, 7) is 0.613. The average molecular weight is 350 g/mol. The third-order valence-electron chi connectivity index (χ3n) is 4.05. The lowest BCUT2D eigenvalue weighted by Gasteiger charge is -2.17. The van der Waals surface area contributed by atoms with Crippen molar-refractivity contribution in [2.75, 3.05) is 13.1 Å². The van der Waals surface area contributed by atoms with Gasteiger partial charge in [-0.05, 0) is 30.7 Å².